The van der Waals surface area contributed by atoms with Crippen LogP contribution in [0.2, 0.25) is 0 Å². The van der Waals surface area contributed by atoms with E-state index in [4.69, 9.17) is 24.1 Å². The maximum absolute atomic E-state index is 15.8. The molecule has 0 radical (unpaired) electrons. The minimum absolute atomic E-state index is 0.0510. The van der Waals surface area contributed by atoms with Crippen molar-refractivity contribution in [1.82, 2.24) is 14.6 Å². The number of para-hydroxylation sites is 1. The Morgan fingerprint density at radius 3 is 2.64 bits per heavy atom. The van der Waals surface area contributed by atoms with Crippen LogP contribution >= 0.6 is 7.75 Å². The summed E-state index contributed by atoms with van der Waals surface area (Å²) in [6.45, 7) is 3.88. The number of azide groups is 1. The Labute approximate surface area is 220 Å². The number of halogens is 1. The highest BCUT2D eigenvalue weighted by Gasteiger charge is 2.90. The Bertz CT molecular complexity index is 1450. The van der Waals surface area contributed by atoms with Gasteiger partial charge in [-0.15, -0.1) is 0 Å². The zero-order valence-corrected chi connectivity index (χ0v) is 21.9. The van der Waals surface area contributed by atoms with E-state index in [9.17, 15) is 24.1 Å². The molecule has 2 aromatic rings. The molecule has 1 aliphatic carbocycles. The van der Waals surface area contributed by atoms with Crippen molar-refractivity contribution >= 4 is 13.7 Å². The number of rotatable bonds is 11. The number of ether oxygens (including phenoxy) is 2. The van der Waals surface area contributed by atoms with E-state index in [1.807, 2.05) is 4.98 Å². The van der Waals surface area contributed by atoms with E-state index in [1.54, 1.807) is 32.0 Å². The Morgan fingerprint density at radius 2 is 2.03 bits per heavy atom. The average Bonchev–Trinajstić information content (AvgIpc) is 3.26. The molecule has 17 heteroatoms. The van der Waals surface area contributed by atoms with E-state index >= 15 is 4.39 Å². The molecule has 1 aromatic heterocycles. The minimum atomic E-state index is -4.60. The molecule has 1 aliphatic heterocycles. The summed E-state index contributed by atoms with van der Waals surface area (Å²) in [5, 5.41) is 17.1. The molecular formula is C22H26FN6O9P. The first-order valence-corrected chi connectivity index (χ1v) is 13.3. The first kappa shape index (κ1) is 28.5. The molecule has 1 saturated heterocycles. The number of nitrogens with zero attached hydrogens (tertiary/aromatic N) is 4. The third-order valence-corrected chi connectivity index (χ3v) is 7.83. The van der Waals surface area contributed by atoms with Crippen LogP contribution in [0.3, 0.4) is 0 Å². The van der Waals surface area contributed by atoms with Gasteiger partial charge in [0.2, 0.25) is 0 Å². The summed E-state index contributed by atoms with van der Waals surface area (Å²) in [6, 6.07) is 7.41. The van der Waals surface area contributed by atoms with Crippen molar-refractivity contribution in [3.63, 3.8) is 0 Å². The van der Waals surface area contributed by atoms with Crippen molar-refractivity contribution < 1.29 is 37.4 Å². The van der Waals surface area contributed by atoms with Gasteiger partial charge in [0.25, 0.3) is 5.56 Å². The predicted octanol–water partition coefficient (Wildman–Crippen LogP) is 1.70. The molecule has 210 valence electrons. The largest absolute Gasteiger partial charge is 0.462 e. The highest BCUT2D eigenvalue weighted by molar-refractivity contribution is 7.52. The van der Waals surface area contributed by atoms with E-state index in [-0.39, 0.29) is 5.75 Å². The predicted molar refractivity (Wildman–Crippen MR) is 131 cm³/mol. The summed E-state index contributed by atoms with van der Waals surface area (Å²) in [4.78, 5) is 40.6. The van der Waals surface area contributed by atoms with Gasteiger partial charge < -0.3 is 19.1 Å². The summed E-state index contributed by atoms with van der Waals surface area (Å²) >= 11 is 0. The molecule has 3 N–H and O–H groups in total. The molecule has 0 spiro atoms. The van der Waals surface area contributed by atoms with Crippen molar-refractivity contribution in [1.29, 1.82) is 0 Å². The van der Waals surface area contributed by atoms with Gasteiger partial charge in [0.1, 0.15) is 23.5 Å². The molecule has 2 unspecified atom stereocenters. The van der Waals surface area contributed by atoms with Gasteiger partial charge in [0, 0.05) is 17.2 Å². The lowest BCUT2D eigenvalue weighted by molar-refractivity contribution is -0.149. The van der Waals surface area contributed by atoms with Gasteiger partial charge in [-0.25, -0.2) is 13.8 Å². The number of benzene rings is 1. The smallest absolute Gasteiger partial charge is 0.459 e. The number of esters is 1. The van der Waals surface area contributed by atoms with Crippen LogP contribution in [0.5, 0.6) is 5.75 Å². The Balaban J connectivity index is 1.66. The molecule has 7 atom stereocenters. The molecule has 1 aromatic carbocycles. The van der Waals surface area contributed by atoms with E-state index in [0.29, 0.717) is 4.57 Å². The van der Waals surface area contributed by atoms with Crippen molar-refractivity contribution in [3.8, 4) is 5.75 Å². The lowest BCUT2D eigenvalue weighted by atomic mass is 10.1. The maximum Gasteiger partial charge on any atom is 0.459 e. The number of aliphatic hydroxyl groups is 1. The standard InChI is InChI=1S/C22H26FN6O9P/c1-12(2)35-18(31)13(3)27-39(34,37-14-7-5-4-6-8-14)38-19-21(11-25-28-24)22(19,33)16(23)17(36-21)29-10-9-15(30)26-20(29)32/h4-10,12-13,16-17,19,33H,11H2,1-3H3,(H,27,34)(H,26,30,32)/t13-,16-,17+,19?,21+,22+,39?/m0/s1. The highest BCUT2D eigenvalue weighted by atomic mass is 31.2. The third kappa shape index (κ3) is 5.22. The highest BCUT2D eigenvalue weighted by Crippen LogP contribution is 2.68. The number of aromatic amines is 1. The number of hydrogen-bond donors (Lipinski definition) is 3. The maximum atomic E-state index is 15.8. The molecule has 15 nitrogen and oxygen atoms in total. The molecule has 0 amide bonds. The number of aromatic nitrogens is 2. The van der Waals surface area contributed by atoms with Crippen LogP contribution in [-0.2, 0) is 23.4 Å². The van der Waals surface area contributed by atoms with Crippen LogP contribution in [0, 0.1) is 0 Å². The van der Waals surface area contributed by atoms with Gasteiger partial charge in [0.05, 0.1) is 12.6 Å². The number of hydrogen-bond acceptors (Lipinski definition) is 10. The second kappa shape index (κ2) is 10.6. The topological polar surface area (TPSA) is 207 Å². The lowest BCUT2D eigenvalue weighted by Gasteiger charge is -2.27. The first-order valence-electron chi connectivity index (χ1n) is 11.7. The summed E-state index contributed by atoms with van der Waals surface area (Å²) in [7, 11) is -4.60. The van der Waals surface area contributed by atoms with Crippen LogP contribution in [0.15, 0.2) is 57.3 Å². The van der Waals surface area contributed by atoms with E-state index in [1.165, 1.54) is 19.1 Å². The molecule has 0 bridgehead atoms. The Hall–Kier alpha value is -3.52. The molecule has 2 fully saturated rings. The Kier molecular flexibility index (Phi) is 7.72. The fourth-order valence-corrected chi connectivity index (χ4v) is 6.09. The molecule has 4 rings (SSSR count). The number of carbonyl (C=O) groups excluding carboxylic acids is 1. The van der Waals surface area contributed by atoms with Gasteiger partial charge in [0.15, 0.2) is 18.0 Å². The summed E-state index contributed by atoms with van der Waals surface area (Å²) in [5.41, 5.74) is 2.45. The van der Waals surface area contributed by atoms with Gasteiger partial charge in [-0.1, -0.05) is 23.3 Å². The molecular weight excluding hydrogens is 542 g/mol. The Morgan fingerprint density at radius 1 is 1.33 bits per heavy atom. The minimum Gasteiger partial charge on any atom is -0.462 e. The summed E-state index contributed by atoms with van der Waals surface area (Å²) in [6.07, 6.45) is -5.39. The van der Waals surface area contributed by atoms with Crippen LogP contribution in [0.1, 0.15) is 27.0 Å². The van der Waals surface area contributed by atoms with Gasteiger partial charge in [-0.05, 0) is 38.4 Å². The molecule has 2 heterocycles. The third-order valence-electron chi connectivity index (χ3n) is 6.18. The SMILES string of the molecule is CC(C)OC(=O)[C@H](C)NP(=O)(Oc1ccccc1)OC1[C@@]2(CN=[N+]=[N-])O[C@@H](n3ccc(=O)[nH]c3=O)[C@H](F)[C@@]12O. The second-order valence-corrected chi connectivity index (χ2v) is 10.9. The van der Waals surface area contributed by atoms with Gasteiger partial charge in [-0.2, -0.15) is 5.09 Å². The van der Waals surface area contributed by atoms with Gasteiger partial charge >= 0.3 is 19.4 Å². The lowest BCUT2D eigenvalue weighted by Crippen LogP contribution is -2.41. The zero-order valence-electron chi connectivity index (χ0n) is 21.0. The fourth-order valence-electron chi connectivity index (χ4n) is 4.34. The molecule has 1 saturated carbocycles. The van der Waals surface area contributed by atoms with E-state index in [2.05, 4.69) is 15.1 Å². The monoisotopic (exact) mass is 568 g/mol. The number of carbonyl (C=O) groups is 1. The number of alkyl halides is 1. The first-order chi connectivity index (χ1) is 18.4. The van der Waals surface area contributed by atoms with Crippen LogP contribution in [0.4, 0.5) is 4.39 Å². The van der Waals surface area contributed by atoms with Crippen molar-refractivity contribution in [2.24, 2.45) is 5.11 Å². The normalized spacial score (nSPS) is 29.5. The van der Waals surface area contributed by atoms with E-state index < -0.39 is 73.4 Å². The molecule has 2 aliphatic rings. The van der Waals surface area contributed by atoms with E-state index in [0.717, 1.165) is 12.3 Å². The van der Waals surface area contributed by atoms with Crippen LogP contribution < -0.4 is 20.9 Å². The van der Waals surface area contributed by atoms with Crippen LogP contribution in [0.25, 0.3) is 10.4 Å². The summed E-state index contributed by atoms with van der Waals surface area (Å²) < 4.78 is 52.4. The van der Waals surface area contributed by atoms with Gasteiger partial charge in [-0.3, -0.25) is 23.7 Å². The second-order valence-electron chi connectivity index (χ2n) is 9.26. The summed E-state index contributed by atoms with van der Waals surface area (Å²) in [5.74, 6) is -0.740. The number of fused-ring (bicyclic) bond motifs is 1. The van der Waals surface area contributed by atoms with Crippen molar-refractivity contribution in [3.05, 3.63) is 73.9 Å². The quantitative estimate of drug-likeness (QED) is 0.117. The fraction of sp³-hybridized carbons (Fsp3) is 0.500. The van der Waals surface area contributed by atoms with Crippen LogP contribution in [-0.4, -0.2) is 62.8 Å². The van der Waals surface area contributed by atoms with Crippen molar-refractivity contribution in [2.45, 2.75) is 62.6 Å². The number of nitrogens with one attached hydrogen (secondary N) is 2. The molecule has 39 heavy (non-hydrogen) atoms. The van der Waals surface area contributed by atoms with Crippen molar-refractivity contribution in [2.75, 3.05) is 6.54 Å². The number of H-pyrrole nitrogens is 1. The average molecular weight is 568 g/mol. The zero-order chi connectivity index (χ0) is 28.6.